The Hall–Kier alpha value is -0.620. The van der Waals surface area contributed by atoms with Gasteiger partial charge in [-0.1, -0.05) is 57.9 Å². The highest BCUT2D eigenvalue weighted by molar-refractivity contribution is 4.71. The van der Waals surface area contributed by atoms with Crippen LogP contribution in [-0.4, -0.2) is 51.3 Å². The molecule has 1 heterocycles. The Labute approximate surface area is 162 Å². The summed E-state index contributed by atoms with van der Waals surface area (Å²) in [6.07, 6.45) is 16.0. The molecule has 1 aliphatic rings. The van der Waals surface area contributed by atoms with Crippen molar-refractivity contribution in [3.05, 3.63) is 12.3 Å². The van der Waals surface area contributed by atoms with Gasteiger partial charge in [0.05, 0.1) is 25.1 Å². The molecule has 158 valence electrons. The molecule has 0 saturated carbocycles. The molecular formula is C21H45NO4. The Morgan fingerprint density at radius 1 is 1.08 bits per heavy atom. The zero-order valence-electron chi connectivity index (χ0n) is 17.8. The van der Waals surface area contributed by atoms with Crippen molar-refractivity contribution in [3.63, 3.8) is 0 Å². The first-order valence-electron chi connectivity index (χ1n) is 10.3. The summed E-state index contributed by atoms with van der Waals surface area (Å²) >= 11 is 0. The lowest BCUT2D eigenvalue weighted by Gasteiger charge is -2.29. The second-order valence-electron chi connectivity index (χ2n) is 6.42. The molecule has 2 unspecified atom stereocenters. The fraction of sp³-hybridized carbons (Fsp3) is 0.905. The van der Waals surface area contributed by atoms with Crippen molar-refractivity contribution in [2.75, 3.05) is 34.0 Å². The lowest BCUT2D eigenvalue weighted by Crippen LogP contribution is -2.33. The number of unbranched alkanes of at least 4 members (excludes halogenated alkanes) is 7. The van der Waals surface area contributed by atoms with Gasteiger partial charge in [-0.15, -0.1) is 0 Å². The second-order valence-corrected chi connectivity index (χ2v) is 6.42. The minimum absolute atomic E-state index is 0.234. The SMILES string of the molecule is C/C=C\O.CCCCCCCCCCOC1CCOC(COC)C1.CN. The Bertz CT molecular complexity index is 269. The smallest absolute Gasteiger partial charge is 0.0833 e. The van der Waals surface area contributed by atoms with Gasteiger partial charge in [-0.05, 0) is 26.8 Å². The highest BCUT2D eigenvalue weighted by Gasteiger charge is 2.22. The van der Waals surface area contributed by atoms with Gasteiger partial charge in [-0.2, -0.15) is 0 Å². The largest absolute Gasteiger partial charge is 0.516 e. The van der Waals surface area contributed by atoms with E-state index < -0.39 is 0 Å². The number of ether oxygens (including phenoxy) is 3. The summed E-state index contributed by atoms with van der Waals surface area (Å²) in [4.78, 5) is 0. The van der Waals surface area contributed by atoms with E-state index in [-0.39, 0.29) is 6.10 Å². The van der Waals surface area contributed by atoms with E-state index in [2.05, 4.69) is 12.7 Å². The van der Waals surface area contributed by atoms with E-state index in [0.29, 0.717) is 12.7 Å². The van der Waals surface area contributed by atoms with E-state index in [1.165, 1.54) is 58.4 Å². The maximum absolute atomic E-state index is 7.69. The molecule has 0 spiro atoms. The fourth-order valence-corrected chi connectivity index (χ4v) is 2.78. The van der Waals surface area contributed by atoms with Gasteiger partial charge in [-0.25, -0.2) is 0 Å². The zero-order valence-corrected chi connectivity index (χ0v) is 17.8. The molecule has 0 bridgehead atoms. The highest BCUT2D eigenvalue weighted by atomic mass is 16.5. The maximum atomic E-state index is 7.69. The standard InChI is InChI=1S/C17H34O3.C3H6O.CH5N/c1-3-4-5-6-7-8-9-10-12-19-16-11-13-20-17(14-16)15-18-2;1-2-3-4;1-2/h16-17H,3-15H2,1-2H3;2-4H,1H3;2H2,1H3/b;3-2-;. The molecule has 0 amide bonds. The van der Waals surface area contributed by atoms with E-state index in [9.17, 15) is 0 Å². The Morgan fingerprint density at radius 2 is 1.65 bits per heavy atom. The monoisotopic (exact) mass is 375 g/mol. The molecule has 26 heavy (non-hydrogen) atoms. The first-order valence-corrected chi connectivity index (χ1v) is 10.3. The minimum Gasteiger partial charge on any atom is -0.516 e. The van der Waals surface area contributed by atoms with Crippen LogP contribution in [0.15, 0.2) is 12.3 Å². The number of hydrogen-bond acceptors (Lipinski definition) is 5. The van der Waals surface area contributed by atoms with Crippen LogP contribution in [0, 0.1) is 0 Å². The molecule has 1 aliphatic heterocycles. The third-order valence-corrected chi connectivity index (χ3v) is 4.17. The predicted molar refractivity (Wildman–Crippen MR) is 111 cm³/mol. The molecule has 5 nitrogen and oxygen atoms in total. The van der Waals surface area contributed by atoms with E-state index >= 15 is 0 Å². The van der Waals surface area contributed by atoms with Crippen molar-refractivity contribution in [1.82, 2.24) is 0 Å². The highest BCUT2D eigenvalue weighted by Crippen LogP contribution is 2.18. The van der Waals surface area contributed by atoms with Gasteiger partial charge >= 0.3 is 0 Å². The number of methoxy groups -OCH3 is 1. The quantitative estimate of drug-likeness (QED) is 0.371. The van der Waals surface area contributed by atoms with Crippen molar-refractivity contribution < 1.29 is 19.3 Å². The van der Waals surface area contributed by atoms with E-state index in [4.69, 9.17) is 19.3 Å². The molecule has 0 aromatic carbocycles. The summed E-state index contributed by atoms with van der Waals surface area (Å²) in [6, 6.07) is 0. The van der Waals surface area contributed by atoms with Crippen LogP contribution in [0.5, 0.6) is 0 Å². The van der Waals surface area contributed by atoms with Crippen LogP contribution in [0.3, 0.4) is 0 Å². The van der Waals surface area contributed by atoms with Gasteiger partial charge < -0.3 is 25.1 Å². The Kier molecular flexibility index (Phi) is 25.9. The topological polar surface area (TPSA) is 73.9 Å². The number of hydrogen-bond donors (Lipinski definition) is 2. The fourth-order valence-electron chi connectivity index (χ4n) is 2.78. The van der Waals surface area contributed by atoms with Crippen molar-refractivity contribution in [2.45, 2.75) is 90.3 Å². The molecule has 1 fully saturated rings. The van der Waals surface area contributed by atoms with Gasteiger partial charge in [0, 0.05) is 26.7 Å². The van der Waals surface area contributed by atoms with Crippen molar-refractivity contribution in [1.29, 1.82) is 0 Å². The van der Waals surface area contributed by atoms with Crippen molar-refractivity contribution in [2.24, 2.45) is 5.73 Å². The van der Waals surface area contributed by atoms with Gasteiger partial charge in [0.25, 0.3) is 0 Å². The van der Waals surface area contributed by atoms with Crippen LogP contribution in [0.25, 0.3) is 0 Å². The molecular weight excluding hydrogens is 330 g/mol. The molecule has 0 aliphatic carbocycles. The minimum atomic E-state index is 0.234. The molecule has 3 N–H and O–H groups in total. The maximum Gasteiger partial charge on any atom is 0.0833 e. The summed E-state index contributed by atoms with van der Waals surface area (Å²) in [6.45, 7) is 6.44. The molecule has 0 radical (unpaired) electrons. The van der Waals surface area contributed by atoms with Gasteiger partial charge in [0.2, 0.25) is 0 Å². The molecule has 1 rings (SSSR count). The lowest BCUT2D eigenvalue weighted by molar-refractivity contribution is -0.0928. The number of allylic oxidation sites excluding steroid dienone is 1. The van der Waals surface area contributed by atoms with Gasteiger partial charge in [0.1, 0.15) is 0 Å². The third kappa shape index (κ3) is 19.7. The summed E-state index contributed by atoms with van der Waals surface area (Å²) < 4.78 is 16.8. The number of nitrogens with two attached hydrogens (primary N) is 1. The normalized spacial score (nSPS) is 19.4. The first kappa shape index (κ1) is 27.6. The molecule has 2 atom stereocenters. The van der Waals surface area contributed by atoms with Gasteiger partial charge in [0.15, 0.2) is 0 Å². The number of rotatable bonds is 12. The average molecular weight is 376 g/mol. The molecule has 1 saturated heterocycles. The first-order chi connectivity index (χ1) is 12.8. The summed E-state index contributed by atoms with van der Waals surface area (Å²) in [5.41, 5.74) is 4.50. The Balaban J connectivity index is 0. The summed E-state index contributed by atoms with van der Waals surface area (Å²) in [7, 11) is 3.23. The van der Waals surface area contributed by atoms with Crippen molar-refractivity contribution >= 4 is 0 Å². The number of aliphatic hydroxyl groups is 1. The third-order valence-electron chi connectivity index (χ3n) is 4.17. The van der Waals surface area contributed by atoms with E-state index in [0.717, 1.165) is 32.3 Å². The average Bonchev–Trinajstić information content (AvgIpc) is 2.69. The lowest BCUT2D eigenvalue weighted by atomic mass is 10.1. The van der Waals surface area contributed by atoms with Crippen LogP contribution in [0.1, 0.15) is 78.1 Å². The Morgan fingerprint density at radius 3 is 2.19 bits per heavy atom. The number of aliphatic hydroxyl groups excluding tert-OH is 1. The van der Waals surface area contributed by atoms with Gasteiger partial charge in [-0.3, -0.25) is 0 Å². The predicted octanol–water partition coefficient (Wildman–Crippen LogP) is 4.99. The summed E-state index contributed by atoms with van der Waals surface area (Å²) in [5, 5.41) is 7.69. The van der Waals surface area contributed by atoms with E-state index in [1.54, 1.807) is 20.1 Å². The van der Waals surface area contributed by atoms with Crippen LogP contribution in [0.4, 0.5) is 0 Å². The van der Waals surface area contributed by atoms with Crippen LogP contribution >= 0.6 is 0 Å². The molecule has 0 aromatic rings. The second kappa shape index (κ2) is 24.4. The summed E-state index contributed by atoms with van der Waals surface area (Å²) in [5.74, 6) is 0. The molecule has 5 heteroatoms. The zero-order chi connectivity index (χ0) is 19.9. The van der Waals surface area contributed by atoms with Crippen LogP contribution < -0.4 is 5.73 Å². The van der Waals surface area contributed by atoms with Crippen LogP contribution in [-0.2, 0) is 14.2 Å². The van der Waals surface area contributed by atoms with E-state index in [1.807, 2.05) is 0 Å². The molecule has 0 aromatic heterocycles. The van der Waals surface area contributed by atoms with Crippen molar-refractivity contribution in [3.8, 4) is 0 Å². The van der Waals surface area contributed by atoms with Crippen LogP contribution in [0.2, 0.25) is 0 Å².